The first-order valence-corrected chi connectivity index (χ1v) is 7.15. The molecule has 0 spiro atoms. The van der Waals surface area contributed by atoms with Crippen molar-refractivity contribution in [1.82, 2.24) is 14.9 Å². The second-order valence-corrected chi connectivity index (χ2v) is 5.20. The lowest BCUT2D eigenvalue weighted by atomic mass is 10.0. The number of fused-ring (bicyclic) bond motifs is 1. The van der Waals surface area contributed by atoms with Gasteiger partial charge in [-0.05, 0) is 37.4 Å². The van der Waals surface area contributed by atoms with Crippen LogP contribution >= 0.6 is 0 Å². The van der Waals surface area contributed by atoms with Crippen LogP contribution in [0.15, 0.2) is 30.6 Å². The van der Waals surface area contributed by atoms with Crippen molar-refractivity contribution < 1.29 is 0 Å². The molecule has 1 atom stereocenters. The fourth-order valence-electron chi connectivity index (χ4n) is 3.14. The van der Waals surface area contributed by atoms with Crippen LogP contribution in [0.5, 0.6) is 0 Å². The van der Waals surface area contributed by atoms with Crippen LogP contribution in [-0.2, 0) is 13.0 Å². The molecule has 0 saturated heterocycles. The van der Waals surface area contributed by atoms with Gasteiger partial charge in [0.15, 0.2) is 0 Å². The Morgan fingerprint density at radius 3 is 3.11 bits per heavy atom. The number of nitrogens with zero attached hydrogens (tertiary/aromatic N) is 2. The van der Waals surface area contributed by atoms with Gasteiger partial charge in [-0.25, -0.2) is 4.98 Å². The predicted octanol–water partition coefficient (Wildman–Crippen LogP) is 3.17. The molecular weight excluding hydrogens is 234 g/mol. The zero-order valence-electron chi connectivity index (χ0n) is 11.7. The van der Waals surface area contributed by atoms with Crippen molar-refractivity contribution in [3.63, 3.8) is 0 Å². The van der Waals surface area contributed by atoms with E-state index < -0.39 is 0 Å². The van der Waals surface area contributed by atoms with E-state index >= 15 is 0 Å². The Morgan fingerprint density at radius 1 is 1.42 bits per heavy atom. The number of hydrogen-bond donors (Lipinski definition) is 1. The highest BCUT2D eigenvalue weighted by Crippen LogP contribution is 2.36. The number of rotatable bonds is 4. The maximum atomic E-state index is 4.58. The Morgan fingerprint density at radius 2 is 2.32 bits per heavy atom. The van der Waals surface area contributed by atoms with Gasteiger partial charge in [0.1, 0.15) is 5.82 Å². The van der Waals surface area contributed by atoms with Crippen LogP contribution in [0.1, 0.15) is 36.9 Å². The maximum absolute atomic E-state index is 4.58. The first-order valence-electron chi connectivity index (χ1n) is 7.15. The van der Waals surface area contributed by atoms with Gasteiger partial charge in [-0.2, -0.15) is 0 Å². The lowest BCUT2D eigenvalue weighted by molar-refractivity contribution is 0.590. The molecule has 0 fully saturated rings. The predicted molar refractivity (Wildman–Crippen MR) is 78.1 cm³/mol. The summed E-state index contributed by atoms with van der Waals surface area (Å²) in [7, 11) is 2.05. The highest BCUT2D eigenvalue weighted by molar-refractivity contribution is 5.64. The first kappa shape index (κ1) is 12.4. The molecule has 0 radical (unpaired) electrons. The van der Waals surface area contributed by atoms with Crippen LogP contribution in [0.3, 0.4) is 0 Å². The third kappa shape index (κ3) is 2.08. The summed E-state index contributed by atoms with van der Waals surface area (Å²) in [5, 5.41) is 3.41. The van der Waals surface area contributed by atoms with Crippen LogP contribution in [-0.4, -0.2) is 16.6 Å². The molecule has 1 N–H and O–H groups in total. The molecule has 19 heavy (non-hydrogen) atoms. The van der Waals surface area contributed by atoms with Gasteiger partial charge >= 0.3 is 0 Å². The summed E-state index contributed by atoms with van der Waals surface area (Å²) in [6, 6.07) is 7.13. The van der Waals surface area contributed by atoms with Crippen molar-refractivity contribution in [2.75, 3.05) is 7.05 Å². The minimum Gasteiger partial charge on any atom is -0.331 e. The number of aryl methyl sites for hydroxylation is 1. The maximum Gasteiger partial charge on any atom is 0.140 e. The lowest BCUT2D eigenvalue weighted by Crippen LogP contribution is -2.12. The van der Waals surface area contributed by atoms with Crippen molar-refractivity contribution in [2.24, 2.45) is 0 Å². The number of nitrogens with one attached hydrogen (secondary N) is 1. The molecule has 0 saturated carbocycles. The summed E-state index contributed by atoms with van der Waals surface area (Å²) in [6.45, 7) is 3.24. The molecule has 1 aliphatic carbocycles. The third-order valence-corrected chi connectivity index (χ3v) is 4.04. The van der Waals surface area contributed by atoms with Crippen molar-refractivity contribution in [2.45, 2.75) is 38.8 Å². The number of hydrogen-bond acceptors (Lipinski definition) is 2. The van der Waals surface area contributed by atoms with E-state index in [0.717, 1.165) is 25.2 Å². The van der Waals surface area contributed by atoms with Crippen LogP contribution in [0.2, 0.25) is 0 Å². The van der Waals surface area contributed by atoms with Gasteiger partial charge in [-0.3, -0.25) is 0 Å². The van der Waals surface area contributed by atoms with Crippen molar-refractivity contribution in [3.05, 3.63) is 41.7 Å². The van der Waals surface area contributed by atoms with Crippen LogP contribution in [0.25, 0.3) is 11.4 Å². The Bertz CT molecular complexity index is 571. The summed E-state index contributed by atoms with van der Waals surface area (Å²) >= 11 is 0. The standard InChI is InChI=1S/C16H21N3/c1-3-10-19-11-9-18-16(19)14-6-4-5-13-12(14)7-8-15(13)17-2/h4-6,9,11,15,17H,3,7-8,10H2,1-2H3. The highest BCUT2D eigenvalue weighted by atomic mass is 15.1. The largest absolute Gasteiger partial charge is 0.331 e. The monoisotopic (exact) mass is 255 g/mol. The summed E-state index contributed by atoms with van der Waals surface area (Å²) in [4.78, 5) is 4.58. The van der Waals surface area contributed by atoms with E-state index in [-0.39, 0.29) is 0 Å². The van der Waals surface area contributed by atoms with Crippen LogP contribution < -0.4 is 5.32 Å². The molecule has 1 heterocycles. The SMILES string of the molecule is CCCn1ccnc1-c1cccc2c1CCC2NC. The van der Waals surface area contributed by atoms with Gasteiger partial charge in [0.25, 0.3) is 0 Å². The fourth-order valence-corrected chi connectivity index (χ4v) is 3.14. The number of imidazole rings is 1. The molecule has 0 bridgehead atoms. The zero-order chi connectivity index (χ0) is 13.2. The smallest absolute Gasteiger partial charge is 0.140 e. The molecule has 1 aromatic heterocycles. The fraction of sp³-hybridized carbons (Fsp3) is 0.438. The number of aromatic nitrogens is 2. The second kappa shape index (κ2) is 5.17. The van der Waals surface area contributed by atoms with E-state index in [1.807, 2.05) is 13.2 Å². The Labute approximate surface area is 114 Å². The average Bonchev–Trinajstić information content (AvgIpc) is 3.04. The topological polar surface area (TPSA) is 29.9 Å². The molecule has 0 aliphatic heterocycles. The van der Waals surface area contributed by atoms with Crippen molar-refractivity contribution in [1.29, 1.82) is 0 Å². The summed E-state index contributed by atoms with van der Waals surface area (Å²) in [5.41, 5.74) is 4.24. The molecule has 3 heteroatoms. The third-order valence-electron chi connectivity index (χ3n) is 4.04. The Hall–Kier alpha value is -1.61. The molecule has 1 unspecified atom stereocenters. The minimum atomic E-state index is 0.504. The molecule has 100 valence electrons. The molecular formula is C16H21N3. The van der Waals surface area contributed by atoms with Crippen LogP contribution in [0.4, 0.5) is 0 Å². The zero-order valence-corrected chi connectivity index (χ0v) is 11.7. The van der Waals surface area contributed by atoms with Crippen molar-refractivity contribution >= 4 is 0 Å². The van der Waals surface area contributed by atoms with Gasteiger partial charge < -0.3 is 9.88 Å². The quantitative estimate of drug-likeness (QED) is 0.909. The summed E-state index contributed by atoms with van der Waals surface area (Å²) < 4.78 is 2.27. The van der Waals surface area contributed by atoms with Gasteiger partial charge in [0.2, 0.25) is 0 Å². The van der Waals surface area contributed by atoms with Gasteiger partial charge in [0, 0.05) is 30.5 Å². The molecule has 3 nitrogen and oxygen atoms in total. The van der Waals surface area contributed by atoms with Crippen molar-refractivity contribution in [3.8, 4) is 11.4 Å². The van der Waals surface area contributed by atoms with E-state index in [0.29, 0.717) is 6.04 Å². The first-order chi connectivity index (χ1) is 9.35. The normalized spacial score (nSPS) is 17.7. The lowest BCUT2D eigenvalue weighted by Gasteiger charge is -2.13. The molecule has 3 rings (SSSR count). The summed E-state index contributed by atoms with van der Waals surface area (Å²) in [6.07, 6.45) is 7.47. The summed E-state index contributed by atoms with van der Waals surface area (Å²) in [5.74, 6) is 1.12. The van der Waals surface area contributed by atoms with E-state index in [9.17, 15) is 0 Å². The average molecular weight is 255 g/mol. The van der Waals surface area contributed by atoms with Gasteiger partial charge in [0.05, 0.1) is 0 Å². The van der Waals surface area contributed by atoms with Gasteiger partial charge in [-0.1, -0.05) is 25.1 Å². The van der Waals surface area contributed by atoms with E-state index in [1.165, 1.54) is 23.1 Å². The molecule has 0 amide bonds. The second-order valence-electron chi connectivity index (χ2n) is 5.20. The molecule has 1 aliphatic rings. The highest BCUT2D eigenvalue weighted by Gasteiger charge is 2.24. The van der Waals surface area contributed by atoms with Crippen LogP contribution in [0, 0.1) is 0 Å². The number of benzene rings is 1. The van der Waals surface area contributed by atoms with E-state index in [4.69, 9.17) is 0 Å². The molecule has 2 aromatic rings. The molecule has 1 aromatic carbocycles. The van der Waals surface area contributed by atoms with E-state index in [2.05, 4.69) is 46.2 Å². The Balaban J connectivity index is 2.07. The van der Waals surface area contributed by atoms with E-state index in [1.54, 1.807) is 0 Å². The minimum absolute atomic E-state index is 0.504. The Kier molecular flexibility index (Phi) is 3.38. The van der Waals surface area contributed by atoms with Gasteiger partial charge in [-0.15, -0.1) is 0 Å².